The molecule has 27 heavy (non-hydrogen) atoms. The Morgan fingerprint density at radius 1 is 1.11 bits per heavy atom. The SMILES string of the molecule is COc1ccc(C(=O)c2sc(Nc3ccccc3)c(C#N)c2N)cc1OC. The van der Waals surface area contributed by atoms with E-state index < -0.39 is 0 Å². The zero-order valence-electron chi connectivity index (χ0n) is 14.8. The van der Waals surface area contributed by atoms with Crippen molar-refractivity contribution in [3.05, 3.63) is 64.5 Å². The van der Waals surface area contributed by atoms with E-state index in [9.17, 15) is 10.1 Å². The van der Waals surface area contributed by atoms with Crippen molar-refractivity contribution in [2.45, 2.75) is 0 Å². The topological polar surface area (TPSA) is 97.4 Å². The number of anilines is 3. The normalized spacial score (nSPS) is 10.1. The van der Waals surface area contributed by atoms with E-state index in [4.69, 9.17) is 15.2 Å². The summed E-state index contributed by atoms with van der Waals surface area (Å²) < 4.78 is 10.4. The number of benzene rings is 2. The van der Waals surface area contributed by atoms with Crippen molar-refractivity contribution in [1.29, 1.82) is 5.26 Å². The number of nitrogens with zero attached hydrogens (tertiary/aromatic N) is 1. The van der Waals surface area contributed by atoms with Crippen molar-refractivity contribution in [1.82, 2.24) is 0 Å². The number of hydrogen-bond acceptors (Lipinski definition) is 7. The smallest absolute Gasteiger partial charge is 0.205 e. The molecule has 0 aliphatic rings. The zero-order valence-corrected chi connectivity index (χ0v) is 15.6. The first kappa shape index (κ1) is 18.3. The van der Waals surface area contributed by atoms with Gasteiger partial charge in [0.1, 0.15) is 21.5 Å². The number of hydrogen-bond donors (Lipinski definition) is 2. The molecule has 7 heteroatoms. The summed E-state index contributed by atoms with van der Waals surface area (Å²) in [5.74, 6) is 0.690. The second-order valence-electron chi connectivity index (χ2n) is 5.55. The number of rotatable bonds is 6. The summed E-state index contributed by atoms with van der Waals surface area (Å²) in [7, 11) is 3.03. The minimum absolute atomic E-state index is 0.167. The van der Waals surface area contributed by atoms with Crippen molar-refractivity contribution in [3.8, 4) is 17.6 Å². The highest BCUT2D eigenvalue weighted by atomic mass is 32.1. The van der Waals surface area contributed by atoms with E-state index >= 15 is 0 Å². The van der Waals surface area contributed by atoms with Gasteiger partial charge < -0.3 is 20.5 Å². The summed E-state index contributed by atoms with van der Waals surface area (Å²) in [4.78, 5) is 13.3. The van der Waals surface area contributed by atoms with E-state index in [1.807, 2.05) is 30.3 Å². The Hall–Kier alpha value is -3.50. The Bertz CT molecular complexity index is 1020. The highest BCUT2D eigenvalue weighted by Gasteiger charge is 2.23. The third-order valence-electron chi connectivity index (χ3n) is 3.94. The van der Waals surface area contributed by atoms with Crippen LogP contribution in [0.3, 0.4) is 0 Å². The minimum atomic E-state index is -0.281. The Morgan fingerprint density at radius 2 is 1.81 bits per heavy atom. The minimum Gasteiger partial charge on any atom is -0.493 e. The van der Waals surface area contributed by atoms with Crippen molar-refractivity contribution < 1.29 is 14.3 Å². The van der Waals surface area contributed by atoms with Crippen LogP contribution in [0.5, 0.6) is 11.5 Å². The van der Waals surface area contributed by atoms with Gasteiger partial charge in [-0.15, -0.1) is 11.3 Å². The van der Waals surface area contributed by atoms with E-state index in [-0.39, 0.29) is 17.0 Å². The maximum atomic E-state index is 13.0. The van der Waals surface area contributed by atoms with Gasteiger partial charge in [0, 0.05) is 11.3 Å². The van der Waals surface area contributed by atoms with E-state index in [2.05, 4.69) is 11.4 Å². The highest BCUT2D eigenvalue weighted by Crippen LogP contribution is 2.39. The van der Waals surface area contributed by atoms with Gasteiger partial charge in [0.2, 0.25) is 5.78 Å². The Labute approximate surface area is 160 Å². The molecule has 136 valence electrons. The lowest BCUT2D eigenvalue weighted by Gasteiger charge is -2.08. The highest BCUT2D eigenvalue weighted by molar-refractivity contribution is 7.19. The first-order valence-electron chi connectivity index (χ1n) is 8.00. The number of para-hydroxylation sites is 1. The Balaban J connectivity index is 1.99. The molecule has 0 fully saturated rings. The van der Waals surface area contributed by atoms with Crippen LogP contribution in [0.15, 0.2) is 48.5 Å². The molecule has 3 rings (SSSR count). The summed E-state index contributed by atoms with van der Waals surface area (Å²) in [5, 5.41) is 13.2. The molecule has 0 atom stereocenters. The van der Waals surface area contributed by atoms with Crippen LogP contribution < -0.4 is 20.5 Å². The number of thiophene rings is 1. The maximum Gasteiger partial charge on any atom is 0.205 e. The average molecular weight is 379 g/mol. The second kappa shape index (κ2) is 7.81. The molecular formula is C20H17N3O3S. The summed E-state index contributed by atoms with van der Waals surface area (Å²) in [6.07, 6.45) is 0. The molecule has 0 aliphatic heterocycles. The summed E-state index contributed by atoms with van der Waals surface area (Å²) in [6, 6.07) is 16.3. The molecule has 3 N–H and O–H groups in total. The number of nitrogens with one attached hydrogen (secondary N) is 1. The van der Waals surface area contributed by atoms with Crippen LogP contribution in [-0.2, 0) is 0 Å². The van der Waals surface area contributed by atoms with Crippen LogP contribution in [0.4, 0.5) is 16.4 Å². The zero-order chi connectivity index (χ0) is 19.4. The predicted molar refractivity (Wildman–Crippen MR) is 106 cm³/mol. The molecule has 6 nitrogen and oxygen atoms in total. The lowest BCUT2D eigenvalue weighted by Crippen LogP contribution is -2.03. The standard InChI is InChI=1S/C20H17N3O3S/c1-25-15-9-8-12(10-16(15)26-2)18(24)19-17(22)14(11-21)20(27-19)23-13-6-4-3-5-7-13/h3-10,23H,22H2,1-2H3. The molecule has 2 aromatic carbocycles. The molecule has 0 amide bonds. The van der Waals surface area contributed by atoms with Crippen LogP contribution >= 0.6 is 11.3 Å². The average Bonchev–Trinajstić information content (AvgIpc) is 3.02. The van der Waals surface area contributed by atoms with Crippen LogP contribution in [-0.4, -0.2) is 20.0 Å². The molecule has 1 aromatic heterocycles. The van der Waals surface area contributed by atoms with Crippen molar-refractivity contribution in [3.63, 3.8) is 0 Å². The van der Waals surface area contributed by atoms with E-state index in [1.165, 1.54) is 14.2 Å². The monoisotopic (exact) mass is 379 g/mol. The third-order valence-corrected chi connectivity index (χ3v) is 5.06. The number of nitrogen functional groups attached to an aromatic ring is 1. The fraction of sp³-hybridized carbons (Fsp3) is 0.100. The Kier molecular flexibility index (Phi) is 5.29. The van der Waals surface area contributed by atoms with Gasteiger partial charge in [-0.1, -0.05) is 18.2 Å². The number of methoxy groups -OCH3 is 2. The molecule has 0 bridgehead atoms. The quantitative estimate of drug-likeness (QED) is 0.623. The van der Waals surface area contributed by atoms with Crippen molar-refractivity contribution in [2.24, 2.45) is 0 Å². The molecule has 0 aliphatic carbocycles. The van der Waals surface area contributed by atoms with Crippen LogP contribution in [0, 0.1) is 11.3 Å². The van der Waals surface area contributed by atoms with Gasteiger partial charge >= 0.3 is 0 Å². The summed E-state index contributed by atoms with van der Waals surface area (Å²) in [6.45, 7) is 0. The fourth-order valence-corrected chi connectivity index (χ4v) is 3.63. The number of ketones is 1. The van der Waals surface area contributed by atoms with Gasteiger partial charge in [0.25, 0.3) is 0 Å². The van der Waals surface area contributed by atoms with Crippen molar-refractivity contribution in [2.75, 3.05) is 25.3 Å². The van der Waals surface area contributed by atoms with Crippen molar-refractivity contribution >= 4 is 33.5 Å². The maximum absolute atomic E-state index is 13.0. The number of ether oxygens (including phenoxy) is 2. The molecule has 1 heterocycles. The van der Waals surface area contributed by atoms with E-state index in [0.29, 0.717) is 26.9 Å². The number of nitriles is 1. The lowest BCUT2D eigenvalue weighted by atomic mass is 10.1. The van der Waals surface area contributed by atoms with Gasteiger partial charge in [-0.05, 0) is 30.3 Å². The van der Waals surface area contributed by atoms with E-state index in [0.717, 1.165) is 17.0 Å². The number of carbonyl (C=O) groups excluding carboxylic acids is 1. The first-order chi connectivity index (χ1) is 13.1. The molecular weight excluding hydrogens is 362 g/mol. The molecule has 0 spiro atoms. The molecule has 0 saturated carbocycles. The van der Waals surface area contributed by atoms with Gasteiger partial charge in [-0.2, -0.15) is 5.26 Å². The van der Waals surface area contributed by atoms with Gasteiger partial charge in [-0.3, -0.25) is 4.79 Å². The first-order valence-corrected chi connectivity index (χ1v) is 8.81. The molecule has 0 saturated heterocycles. The largest absolute Gasteiger partial charge is 0.493 e. The molecule has 0 radical (unpaired) electrons. The summed E-state index contributed by atoms with van der Waals surface area (Å²) in [5.41, 5.74) is 7.73. The van der Waals surface area contributed by atoms with Gasteiger partial charge in [-0.25, -0.2) is 0 Å². The van der Waals surface area contributed by atoms with Gasteiger partial charge in [0.15, 0.2) is 11.5 Å². The summed E-state index contributed by atoms with van der Waals surface area (Å²) >= 11 is 1.15. The number of nitrogens with two attached hydrogens (primary N) is 1. The van der Waals surface area contributed by atoms with Crippen LogP contribution in [0.25, 0.3) is 0 Å². The van der Waals surface area contributed by atoms with E-state index in [1.54, 1.807) is 18.2 Å². The number of carbonyl (C=O) groups is 1. The predicted octanol–water partition coefficient (Wildman–Crippen LogP) is 4.19. The molecule has 3 aromatic rings. The Morgan fingerprint density at radius 3 is 2.44 bits per heavy atom. The third kappa shape index (κ3) is 3.57. The molecule has 0 unspecified atom stereocenters. The fourth-order valence-electron chi connectivity index (χ4n) is 2.57. The second-order valence-corrected chi connectivity index (χ2v) is 6.57. The van der Waals surface area contributed by atoms with Crippen LogP contribution in [0.1, 0.15) is 20.8 Å². The van der Waals surface area contributed by atoms with Gasteiger partial charge in [0.05, 0.1) is 19.9 Å². The lowest BCUT2D eigenvalue weighted by molar-refractivity contribution is 0.104. The van der Waals surface area contributed by atoms with Crippen LogP contribution in [0.2, 0.25) is 0 Å².